The Labute approximate surface area is 101 Å². The van der Waals surface area contributed by atoms with E-state index in [4.69, 9.17) is 0 Å². The minimum absolute atomic E-state index is 0.146. The molecule has 0 fully saturated rings. The molecule has 0 unspecified atom stereocenters. The minimum Gasteiger partial charge on any atom is -0.351 e. The lowest BCUT2D eigenvalue weighted by atomic mass is 10.2. The summed E-state index contributed by atoms with van der Waals surface area (Å²) in [4.78, 5) is 11.3. The zero-order valence-corrected chi connectivity index (χ0v) is 9.87. The zero-order valence-electron chi connectivity index (χ0n) is 9.87. The van der Waals surface area contributed by atoms with Crippen molar-refractivity contribution in [2.75, 3.05) is 19.6 Å². The van der Waals surface area contributed by atoms with Crippen molar-refractivity contribution in [2.24, 2.45) is 0 Å². The fraction of sp³-hybridized carbons (Fsp3) is 0.308. The van der Waals surface area contributed by atoms with E-state index in [-0.39, 0.29) is 11.7 Å². The molecule has 0 radical (unpaired) electrons. The average molecular weight is 236 g/mol. The lowest BCUT2D eigenvalue weighted by Crippen LogP contribution is -2.30. The van der Waals surface area contributed by atoms with Gasteiger partial charge in [-0.2, -0.15) is 0 Å². The summed E-state index contributed by atoms with van der Waals surface area (Å²) in [5, 5.41) is 5.84. The molecule has 0 spiro atoms. The van der Waals surface area contributed by atoms with Gasteiger partial charge in [-0.1, -0.05) is 19.1 Å². The molecule has 0 atom stereocenters. The van der Waals surface area contributed by atoms with Gasteiger partial charge in [-0.15, -0.1) is 0 Å². The number of likely N-dealkylation sites (N-methyl/N-ethyl adjacent to an activating group) is 1. The number of benzene rings is 1. The van der Waals surface area contributed by atoms with E-state index in [0.29, 0.717) is 6.54 Å². The number of carbonyl (C=O) groups excluding carboxylic acids is 1. The van der Waals surface area contributed by atoms with Crippen LogP contribution in [0, 0.1) is 5.82 Å². The van der Waals surface area contributed by atoms with Crippen LogP contribution in [0.5, 0.6) is 0 Å². The van der Waals surface area contributed by atoms with Crippen molar-refractivity contribution in [3.63, 3.8) is 0 Å². The number of rotatable bonds is 6. The molecule has 0 aliphatic rings. The minimum atomic E-state index is -0.280. The fourth-order valence-corrected chi connectivity index (χ4v) is 1.26. The third kappa shape index (κ3) is 5.82. The van der Waals surface area contributed by atoms with E-state index in [1.54, 1.807) is 18.2 Å². The molecule has 0 bridgehead atoms. The van der Waals surface area contributed by atoms with Gasteiger partial charge in [-0.05, 0) is 30.3 Å². The molecule has 1 rings (SSSR count). The van der Waals surface area contributed by atoms with Gasteiger partial charge in [0.05, 0.1) is 0 Å². The number of carbonyl (C=O) groups is 1. The smallest absolute Gasteiger partial charge is 0.244 e. The second-order valence-electron chi connectivity index (χ2n) is 3.53. The van der Waals surface area contributed by atoms with Gasteiger partial charge in [0, 0.05) is 19.2 Å². The summed E-state index contributed by atoms with van der Waals surface area (Å²) in [6.07, 6.45) is 3.10. The van der Waals surface area contributed by atoms with Crippen molar-refractivity contribution in [2.45, 2.75) is 6.92 Å². The van der Waals surface area contributed by atoms with E-state index >= 15 is 0 Å². The Bertz CT molecular complexity index is 374. The fourth-order valence-electron chi connectivity index (χ4n) is 1.26. The first-order valence-electron chi connectivity index (χ1n) is 5.64. The maximum Gasteiger partial charge on any atom is 0.244 e. The summed E-state index contributed by atoms with van der Waals surface area (Å²) in [7, 11) is 0. The summed E-state index contributed by atoms with van der Waals surface area (Å²) in [6.45, 7) is 4.25. The molecule has 1 aromatic carbocycles. The van der Waals surface area contributed by atoms with Gasteiger partial charge in [-0.25, -0.2) is 4.39 Å². The Hall–Kier alpha value is -1.68. The molecule has 92 valence electrons. The molecule has 4 heteroatoms. The van der Waals surface area contributed by atoms with Gasteiger partial charge in [0.15, 0.2) is 0 Å². The highest BCUT2D eigenvalue weighted by Crippen LogP contribution is 2.04. The standard InChI is InChI=1S/C13H17FN2O/c1-2-15-9-10-16-13(17)8-5-11-3-6-12(14)7-4-11/h3-8,15H,2,9-10H2,1H3,(H,16,17). The lowest BCUT2D eigenvalue weighted by Gasteiger charge is -2.02. The molecule has 2 N–H and O–H groups in total. The Morgan fingerprint density at radius 3 is 2.65 bits per heavy atom. The van der Waals surface area contributed by atoms with Crippen molar-refractivity contribution in [3.8, 4) is 0 Å². The second kappa shape index (κ2) is 7.57. The number of nitrogens with one attached hydrogen (secondary N) is 2. The SMILES string of the molecule is CCNCCNC(=O)C=Cc1ccc(F)cc1. The normalized spacial score (nSPS) is 10.7. The monoisotopic (exact) mass is 236 g/mol. The molecule has 17 heavy (non-hydrogen) atoms. The summed E-state index contributed by atoms with van der Waals surface area (Å²) >= 11 is 0. The maximum atomic E-state index is 12.6. The van der Waals surface area contributed by atoms with Crippen LogP contribution in [-0.2, 0) is 4.79 Å². The summed E-state index contributed by atoms with van der Waals surface area (Å²) < 4.78 is 12.6. The van der Waals surface area contributed by atoms with E-state index in [1.807, 2.05) is 6.92 Å². The molecule has 0 aliphatic heterocycles. The Balaban J connectivity index is 2.32. The Morgan fingerprint density at radius 1 is 1.29 bits per heavy atom. The van der Waals surface area contributed by atoms with Gasteiger partial charge < -0.3 is 10.6 Å². The third-order valence-corrected chi connectivity index (χ3v) is 2.15. The van der Waals surface area contributed by atoms with Crippen LogP contribution >= 0.6 is 0 Å². The van der Waals surface area contributed by atoms with Crippen molar-refractivity contribution >= 4 is 12.0 Å². The first kappa shape index (κ1) is 13.4. The van der Waals surface area contributed by atoms with Gasteiger partial charge in [0.2, 0.25) is 5.91 Å². The van der Waals surface area contributed by atoms with Crippen LogP contribution in [-0.4, -0.2) is 25.5 Å². The molecule has 0 saturated carbocycles. The van der Waals surface area contributed by atoms with E-state index in [1.165, 1.54) is 18.2 Å². The first-order chi connectivity index (χ1) is 8.22. The first-order valence-corrected chi connectivity index (χ1v) is 5.64. The van der Waals surface area contributed by atoms with Crippen molar-refractivity contribution < 1.29 is 9.18 Å². The molecular weight excluding hydrogens is 219 g/mol. The summed E-state index contributed by atoms with van der Waals surface area (Å²) in [6, 6.07) is 5.97. The molecule has 1 amide bonds. The van der Waals surface area contributed by atoms with Crippen LogP contribution in [0.3, 0.4) is 0 Å². The lowest BCUT2D eigenvalue weighted by molar-refractivity contribution is -0.116. The molecular formula is C13H17FN2O. The quantitative estimate of drug-likeness (QED) is 0.581. The Morgan fingerprint density at radius 2 is 2.00 bits per heavy atom. The number of halogens is 1. The summed E-state index contributed by atoms with van der Waals surface area (Å²) in [5.41, 5.74) is 0.799. The topological polar surface area (TPSA) is 41.1 Å². The highest BCUT2D eigenvalue weighted by Gasteiger charge is 1.94. The van der Waals surface area contributed by atoms with E-state index in [9.17, 15) is 9.18 Å². The van der Waals surface area contributed by atoms with Crippen molar-refractivity contribution in [1.82, 2.24) is 10.6 Å². The van der Waals surface area contributed by atoms with Gasteiger partial charge in [0.1, 0.15) is 5.82 Å². The van der Waals surface area contributed by atoms with Crippen LogP contribution in [0.4, 0.5) is 4.39 Å². The van der Waals surface area contributed by atoms with Crippen LogP contribution in [0.1, 0.15) is 12.5 Å². The van der Waals surface area contributed by atoms with E-state index < -0.39 is 0 Å². The molecule has 0 saturated heterocycles. The van der Waals surface area contributed by atoms with Crippen LogP contribution in [0.25, 0.3) is 6.08 Å². The van der Waals surface area contributed by atoms with Crippen molar-refractivity contribution in [3.05, 3.63) is 41.7 Å². The molecule has 0 aromatic heterocycles. The largest absolute Gasteiger partial charge is 0.351 e. The number of amides is 1. The van der Waals surface area contributed by atoms with Crippen LogP contribution in [0.2, 0.25) is 0 Å². The molecule has 3 nitrogen and oxygen atoms in total. The molecule has 1 aromatic rings. The van der Waals surface area contributed by atoms with Crippen LogP contribution in [0.15, 0.2) is 30.3 Å². The van der Waals surface area contributed by atoms with Crippen LogP contribution < -0.4 is 10.6 Å². The molecule has 0 aliphatic carbocycles. The third-order valence-electron chi connectivity index (χ3n) is 2.15. The van der Waals surface area contributed by atoms with E-state index in [2.05, 4.69) is 10.6 Å². The highest BCUT2D eigenvalue weighted by atomic mass is 19.1. The van der Waals surface area contributed by atoms with Gasteiger partial charge in [-0.3, -0.25) is 4.79 Å². The maximum absolute atomic E-state index is 12.6. The summed E-state index contributed by atoms with van der Waals surface area (Å²) in [5.74, 6) is -0.426. The van der Waals surface area contributed by atoms with Crippen molar-refractivity contribution in [1.29, 1.82) is 0 Å². The number of hydrogen-bond donors (Lipinski definition) is 2. The molecule has 0 heterocycles. The van der Waals surface area contributed by atoms with Gasteiger partial charge >= 0.3 is 0 Å². The second-order valence-corrected chi connectivity index (χ2v) is 3.53. The van der Waals surface area contributed by atoms with E-state index in [0.717, 1.165) is 18.7 Å². The van der Waals surface area contributed by atoms with Gasteiger partial charge in [0.25, 0.3) is 0 Å². The average Bonchev–Trinajstić information content (AvgIpc) is 2.34. The predicted molar refractivity (Wildman–Crippen MR) is 67.0 cm³/mol. The predicted octanol–water partition coefficient (Wildman–Crippen LogP) is 1.56. The highest BCUT2D eigenvalue weighted by molar-refractivity contribution is 5.91. The zero-order chi connectivity index (χ0) is 12.5. The number of hydrogen-bond acceptors (Lipinski definition) is 2. The Kier molecular flexibility index (Phi) is 5.96.